The maximum atomic E-state index is 12.4. The van der Waals surface area contributed by atoms with Crippen LogP contribution in [0.2, 0.25) is 0 Å². The predicted molar refractivity (Wildman–Crippen MR) is 95.5 cm³/mol. The smallest absolute Gasteiger partial charge is 0.267 e. The molecule has 0 aliphatic heterocycles. The van der Waals surface area contributed by atoms with Crippen LogP contribution in [0, 0.1) is 25.2 Å². The van der Waals surface area contributed by atoms with Gasteiger partial charge in [-0.25, -0.2) is 0 Å². The molecule has 2 aromatic rings. The van der Waals surface area contributed by atoms with Crippen LogP contribution in [0.4, 0.5) is 11.4 Å². The second-order valence-electron chi connectivity index (χ2n) is 5.42. The van der Waals surface area contributed by atoms with E-state index in [2.05, 4.69) is 15.6 Å². The van der Waals surface area contributed by atoms with Gasteiger partial charge in [-0.05, 0) is 43.5 Å². The van der Waals surface area contributed by atoms with Gasteiger partial charge in [-0.3, -0.25) is 9.78 Å². The summed E-state index contributed by atoms with van der Waals surface area (Å²) < 4.78 is 0. The molecule has 0 radical (unpaired) electrons. The van der Waals surface area contributed by atoms with Crippen LogP contribution in [0.1, 0.15) is 23.7 Å². The second-order valence-corrected chi connectivity index (χ2v) is 5.42. The maximum Gasteiger partial charge on any atom is 0.267 e. The number of amides is 1. The number of nitrogens with zero attached hydrogens (tertiary/aromatic N) is 2. The summed E-state index contributed by atoms with van der Waals surface area (Å²) in [5, 5.41) is 15.0. The Kier molecular flexibility index (Phi) is 5.69. The lowest BCUT2D eigenvalue weighted by atomic mass is 10.1. The van der Waals surface area contributed by atoms with Gasteiger partial charge in [0.15, 0.2) is 0 Å². The lowest BCUT2D eigenvalue weighted by Crippen LogP contribution is -2.16. The number of nitrogens with one attached hydrogen (secondary N) is 2. The lowest BCUT2D eigenvalue weighted by molar-refractivity contribution is -0.112. The summed E-state index contributed by atoms with van der Waals surface area (Å²) in [6.45, 7) is 5.85. The number of aromatic nitrogens is 1. The first-order valence-electron chi connectivity index (χ1n) is 7.74. The number of hydrogen-bond donors (Lipinski definition) is 2. The first kappa shape index (κ1) is 17.2. The number of carbonyl (C=O) groups excluding carboxylic acids is 1. The number of carbonyl (C=O) groups is 1. The van der Waals surface area contributed by atoms with E-state index in [0.717, 1.165) is 28.9 Å². The third-order valence-corrected chi connectivity index (χ3v) is 3.64. The van der Waals surface area contributed by atoms with E-state index in [1.165, 1.54) is 6.20 Å². The fourth-order valence-corrected chi connectivity index (χ4v) is 2.24. The van der Waals surface area contributed by atoms with Crippen LogP contribution in [0.3, 0.4) is 0 Å². The SMILES string of the molecule is CCc1cccc(C)c1NC(=O)/C(C#N)=C\Nc1ccc(C)nc1. The Labute approximate surface area is 142 Å². The van der Waals surface area contributed by atoms with Gasteiger partial charge in [0.1, 0.15) is 11.6 Å². The molecule has 0 fully saturated rings. The molecule has 0 atom stereocenters. The first-order chi connectivity index (χ1) is 11.5. The number of pyridine rings is 1. The molecule has 24 heavy (non-hydrogen) atoms. The summed E-state index contributed by atoms with van der Waals surface area (Å²) in [6.07, 6.45) is 3.84. The molecule has 0 spiro atoms. The number of para-hydroxylation sites is 1. The second kappa shape index (κ2) is 7.93. The summed E-state index contributed by atoms with van der Waals surface area (Å²) in [5.41, 5.74) is 4.39. The molecule has 0 unspecified atom stereocenters. The van der Waals surface area contributed by atoms with E-state index in [9.17, 15) is 10.1 Å². The Bertz CT molecular complexity index is 801. The van der Waals surface area contributed by atoms with Gasteiger partial charge in [0, 0.05) is 17.6 Å². The molecule has 5 nitrogen and oxygen atoms in total. The predicted octanol–water partition coefficient (Wildman–Crippen LogP) is 3.72. The monoisotopic (exact) mass is 320 g/mol. The molecule has 2 N–H and O–H groups in total. The van der Waals surface area contributed by atoms with Crippen LogP contribution in [0.15, 0.2) is 48.3 Å². The summed E-state index contributed by atoms with van der Waals surface area (Å²) in [6, 6.07) is 11.5. The van der Waals surface area contributed by atoms with E-state index in [1.54, 1.807) is 6.20 Å². The molecule has 0 saturated heterocycles. The Morgan fingerprint density at radius 2 is 2.08 bits per heavy atom. The minimum atomic E-state index is -0.436. The van der Waals surface area contributed by atoms with Gasteiger partial charge < -0.3 is 10.6 Å². The van der Waals surface area contributed by atoms with Crippen molar-refractivity contribution in [2.75, 3.05) is 10.6 Å². The van der Waals surface area contributed by atoms with Gasteiger partial charge in [-0.2, -0.15) is 5.26 Å². The third-order valence-electron chi connectivity index (χ3n) is 3.64. The average molecular weight is 320 g/mol. The fourth-order valence-electron chi connectivity index (χ4n) is 2.24. The molecule has 122 valence electrons. The van der Waals surface area contributed by atoms with Crippen molar-refractivity contribution in [1.82, 2.24) is 4.98 Å². The van der Waals surface area contributed by atoms with Crippen molar-refractivity contribution in [3.8, 4) is 6.07 Å². The summed E-state index contributed by atoms with van der Waals surface area (Å²) in [4.78, 5) is 16.5. The van der Waals surface area contributed by atoms with Crippen LogP contribution in [-0.2, 0) is 11.2 Å². The number of anilines is 2. The molecule has 1 aromatic heterocycles. The quantitative estimate of drug-likeness (QED) is 0.650. The summed E-state index contributed by atoms with van der Waals surface area (Å²) in [5.74, 6) is -0.436. The molecule has 0 aliphatic rings. The minimum Gasteiger partial charge on any atom is -0.359 e. The highest BCUT2D eigenvalue weighted by molar-refractivity contribution is 6.07. The molecule has 1 aromatic carbocycles. The molecular formula is C19H20N4O. The van der Waals surface area contributed by atoms with Crippen molar-refractivity contribution < 1.29 is 4.79 Å². The van der Waals surface area contributed by atoms with Crippen LogP contribution < -0.4 is 10.6 Å². The Balaban J connectivity index is 2.16. The van der Waals surface area contributed by atoms with E-state index in [-0.39, 0.29) is 5.57 Å². The van der Waals surface area contributed by atoms with Crippen molar-refractivity contribution in [1.29, 1.82) is 5.26 Å². The number of hydrogen-bond acceptors (Lipinski definition) is 4. The zero-order valence-corrected chi connectivity index (χ0v) is 14.1. The van der Waals surface area contributed by atoms with Gasteiger partial charge in [-0.15, -0.1) is 0 Å². The summed E-state index contributed by atoms with van der Waals surface area (Å²) in [7, 11) is 0. The first-order valence-corrected chi connectivity index (χ1v) is 7.74. The van der Waals surface area contributed by atoms with Crippen molar-refractivity contribution in [3.63, 3.8) is 0 Å². The summed E-state index contributed by atoms with van der Waals surface area (Å²) >= 11 is 0. The van der Waals surface area contributed by atoms with Crippen molar-refractivity contribution in [3.05, 3.63) is 65.1 Å². The number of benzene rings is 1. The largest absolute Gasteiger partial charge is 0.359 e. The van der Waals surface area contributed by atoms with E-state index in [1.807, 2.05) is 57.2 Å². The molecule has 2 rings (SSSR count). The molecule has 5 heteroatoms. The zero-order chi connectivity index (χ0) is 17.5. The van der Waals surface area contributed by atoms with Crippen LogP contribution in [0.5, 0.6) is 0 Å². The van der Waals surface area contributed by atoms with Crippen LogP contribution >= 0.6 is 0 Å². The maximum absolute atomic E-state index is 12.4. The van der Waals surface area contributed by atoms with Gasteiger partial charge >= 0.3 is 0 Å². The highest BCUT2D eigenvalue weighted by atomic mass is 16.1. The molecule has 0 bridgehead atoms. The van der Waals surface area contributed by atoms with Gasteiger partial charge in [0.25, 0.3) is 5.91 Å². The van der Waals surface area contributed by atoms with Gasteiger partial charge in [0.2, 0.25) is 0 Å². The van der Waals surface area contributed by atoms with E-state index < -0.39 is 5.91 Å². The number of aryl methyl sites for hydroxylation is 3. The number of nitriles is 1. The average Bonchev–Trinajstić information content (AvgIpc) is 2.58. The van der Waals surface area contributed by atoms with E-state index in [4.69, 9.17) is 0 Å². The minimum absolute atomic E-state index is 0.000816. The normalized spacial score (nSPS) is 10.8. The fraction of sp³-hybridized carbons (Fsp3) is 0.211. The van der Waals surface area contributed by atoms with Crippen LogP contribution in [-0.4, -0.2) is 10.9 Å². The topological polar surface area (TPSA) is 77.8 Å². The van der Waals surface area contributed by atoms with Crippen LogP contribution in [0.25, 0.3) is 0 Å². The van der Waals surface area contributed by atoms with Crippen molar-refractivity contribution >= 4 is 17.3 Å². The molecule has 1 amide bonds. The van der Waals surface area contributed by atoms with E-state index >= 15 is 0 Å². The zero-order valence-electron chi connectivity index (χ0n) is 14.1. The van der Waals surface area contributed by atoms with Crippen molar-refractivity contribution in [2.24, 2.45) is 0 Å². The standard InChI is InChI=1S/C19H20N4O/c1-4-15-7-5-6-13(2)18(15)23-19(24)16(10-20)11-22-17-9-8-14(3)21-12-17/h5-9,11-12,22H,4H2,1-3H3,(H,23,24)/b16-11-. The number of rotatable bonds is 5. The van der Waals surface area contributed by atoms with Crippen molar-refractivity contribution in [2.45, 2.75) is 27.2 Å². The Morgan fingerprint density at radius 1 is 1.29 bits per heavy atom. The molecule has 1 heterocycles. The van der Waals surface area contributed by atoms with Gasteiger partial charge in [-0.1, -0.05) is 25.1 Å². The van der Waals surface area contributed by atoms with Gasteiger partial charge in [0.05, 0.1) is 11.9 Å². The Hall–Kier alpha value is -3.13. The molecular weight excluding hydrogens is 300 g/mol. The third kappa shape index (κ3) is 4.20. The molecule has 0 aliphatic carbocycles. The molecule has 0 saturated carbocycles. The van der Waals surface area contributed by atoms with E-state index in [0.29, 0.717) is 5.69 Å². The lowest BCUT2D eigenvalue weighted by Gasteiger charge is -2.12. The highest BCUT2D eigenvalue weighted by Crippen LogP contribution is 2.21. The Morgan fingerprint density at radius 3 is 2.71 bits per heavy atom. The highest BCUT2D eigenvalue weighted by Gasteiger charge is 2.13.